The standard InChI is InChI=1S/C34H49N3O9/c1-33(2,37-18-16-36(17-19-37)23-26-11-12-27(41-5)31(43-7)30(26)42-6)24-46-34(3,4)28(38)13-14-29(39)44-20-9-21-45-32(40)25-10-8-15-35-22-25/h8,10-12,15,22H,9,13-14,16-21,23-24H2,1-7H3. The van der Waals surface area contributed by atoms with Crippen molar-refractivity contribution in [2.75, 3.05) is 67.3 Å². The highest BCUT2D eigenvalue weighted by atomic mass is 16.5. The van der Waals surface area contributed by atoms with Gasteiger partial charge in [-0.05, 0) is 45.9 Å². The minimum atomic E-state index is -1.05. The first-order valence-electron chi connectivity index (χ1n) is 15.6. The molecule has 0 saturated carbocycles. The maximum atomic E-state index is 13.0. The molecule has 0 amide bonds. The van der Waals surface area contributed by atoms with Gasteiger partial charge in [0.05, 0.1) is 53.1 Å². The lowest BCUT2D eigenvalue weighted by molar-refractivity contribution is -0.151. The second-order valence-electron chi connectivity index (χ2n) is 12.2. The summed E-state index contributed by atoms with van der Waals surface area (Å²) in [5.74, 6) is 0.769. The van der Waals surface area contributed by atoms with Crippen molar-refractivity contribution < 1.29 is 42.8 Å². The van der Waals surface area contributed by atoms with E-state index in [9.17, 15) is 14.4 Å². The van der Waals surface area contributed by atoms with Gasteiger partial charge in [0.25, 0.3) is 0 Å². The highest BCUT2D eigenvalue weighted by molar-refractivity contribution is 5.89. The Bertz CT molecular complexity index is 1290. The van der Waals surface area contributed by atoms with Gasteiger partial charge in [-0.3, -0.25) is 24.4 Å². The number of nitrogens with zero attached hydrogens (tertiary/aromatic N) is 3. The van der Waals surface area contributed by atoms with E-state index in [0.717, 1.165) is 38.3 Å². The molecule has 0 N–H and O–H groups in total. The summed E-state index contributed by atoms with van der Waals surface area (Å²) in [5, 5.41) is 0. The van der Waals surface area contributed by atoms with Gasteiger partial charge in [0, 0.05) is 69.1 Å². The fourth-order valence-corrected chi connectivity index (χ4v) is 5.13. The normalized spacial score (nSPS) is 14.4. The van der Waals surface area contributed by atoms with Crippen LogP contribution in [0.4, 0.5) is 0 Å². The topological polar surface area (TPSA) is 126 Å². The molecule has 1 saturated heterocycles. The second kappa shape index (κ2) is 17.3. The van der Waals surface area contributed by atoms with E-state index in [-0.39, 0.29) is 37.4 Å². The van der Waals surface area contributed by atoms with E-state index in [1.807, 2.05) is 12.1 Å². The number of ketones is 1. The van der Waals surface area contributed by atoms with Gasteiger partial charge in [-0.2, -0.15) is 0 Å². The Labute approximate surface area is 272 Å². The van der Waals surface area contributed by atoms with Crippen LogP contribution < -0.4 is 14.2 Å². The Morgan fingerprint density at radius 2 is 1.54 bits per heavy atom. The summed E-state index contributed by atoms with van der Waals surface area (Å²) in [5.41, 5.74) is 0.0359. The summed E-state index contributed by atoms with van der Waals surface area (Å²) in [7, 11) is 4.84. The minimum Gasteiger partial charge on any atom is -0.493 e. The lowest BCUT2D eigenvalue weighted by Gasteiger charge is -2.45. The van der Waals surface area contributed by atoms with E-state index in [0.29, 0.717) is 35.8 Å². The van der Waals surface area contributed by atoms with Crippen molar-refractivity contribution in [2.45, 2.75) is 64.6 Å². The lowest BCUT2D eigenvalue weighted by atomic mass is 9.97. The zero-order valence-electron chi connectivity index (χ0n) is 28.3. The summed E-state index contributed by atoms with van der Waals surface area (Å²) >= 11 is 0. The van der Waals surface area contributed by atoms with E-state index >= 15 is 0 Å². The third-order valence-electron chi connectivity index (χ3n) is 8.10. The van der Waals surface area contributed by atoms with E-state index in [1.54, 1.807) is 53.5 Å². The number of carbonyl (C=O) groups excluding carboxylic acids is 3. The molecule has 0 unspecified atom stereocenters. The van der Waals surface area contributed by atoms with Crippen LogP contribution in [0, 0.1) is 0 Å². The fourth-order valence-electron chi connectivity index (χ4n) is 5.13. The van der Waals surface area contributed by atoms with Gasteiger partial charge in [0.1, 0.15) is 5.60 Å². The molecule has 2 aromatic rings. The quantitative estimate of drug-likeness (QED) is 0.173. The van der Waals surface area contributed by atoms with Crippen LogP contribution in [0.15, 0.2) is 36.7 Å². The zero-order chi connectivity index (χ0) is 33.7. The molecule has 1 aromatic heterocycles. The molecule has 12 heteroatoms. The predicted octanol–water partition coefficient (Wildman–Crippen LogP) is 3.94. The van der Waals surface area contributed by atoms with Crippen LogP contribution in [-0.4, -0.2) is 111 Å². The molecule has 0 bridgehead atoms. The first-order valence-corrected chi connectivity index (χ1v) is 15.6. The maximum Gasteiger partial charge on any atom is 0.339 e. The number of hydrogen-bond acceptors (Lipinski definition) is 12. The SMILES string of the molecule is COc1ccc(CN2CCN(C(C)(C)COC(C)(C)C(=O)CCC(=O)OCCCOC(=O)c3cccnc3)CC2)c(OC)c1OC. The minimum absolute atomic E-state index is 0.0144. The van der Waals surface area contributed by atoms with E-state index < -0.39 is 17.5 Å². The smallest absolute Gasteiger partial charge is 0.339 e. The van der Waals surface area contributed by atoms with Gasteiger partial charge < -0.3 is 28.4 Å². The van der Waals surface area contributed by atoms with Crippen LogP contribution >= 0.6 is 0 Å². The first kappa shape index (κ1) is 36.7. The number of rotatable bonds is 18. The average Bonchev–Trinajstić information content (AvgIpc) is 3.06. The number of Topliss-reactive ketones (excluding diaryl/α,β-unsaturated/α-hetero) is 1. The van der Waals surface area contributed by atoms with E-state index in [1.165, 1.54) is 6.20 Å². The number of esters is 2. The molecule has 3 rings (SSSR count). The van der Waals surface area contributed by atoms with Crippen LogP contribution in [0.1, 0.15) is 62.9 Å². The molecule has 46 heavy (non-hydrogen) atoms. The highest BCUT2D eigenvalue weighted by Crippen LogP contribution is 2.40. The number of aromatic nitrogens is 1. The molecule has 0 radical (unpaired) electrons. The fraction of sp³-hybridized carbons (Fsp3) is 0.588. The largest absolute Gasteiger partial charge is 0.493 e. The van der Waals surface area contributed by atoms with Crippen molar-refractivity contribution in [3.05, 3.63) is 47.8 Å². The Hall–Kier alpha value is -3.74. The van der Waals surface area contributed by atoms with Crippen LogP contribution in [0.3, 0.4) is 0 Å². The summed E-state index contributed by atoms with van der Waals surface area (Å²) in [6.07, 6.45) is 3.32. The van der Waals surface area contributed by atoms with Gasteiger partial charge in [0.2, 0.25) is 5.75 Å². The van der Waals surface area contributed by atoms with Crippen molar-refractivity contribution in [3.63, 3.8) is 0 Å². The monoisotopic (exact) mass is 643 g/mol. The molecule has 1 aliphatic heterocycles. The predicted molar refractivity (Wildman–Crippen MR) is 171 cm³/mol. The molecule has 254 valence electrons. The highest BCUT2D eigenvalue weighted by Gasteiger charge is 2.35. The number of hydrogen-bond donors (Lipinski definition) is 0. The van der Waals surface area contributed by atoms with Crippen LogP contribution in [0.25, 0.3) is 0 Å². The Morgan fingerprint density at radius 3 is 2.17 bits per heavy atom. The third kappa shape index (κ3) is 10.4. The number of ether oxygens (including phenoxy) is 6. The number of benzene rings is 1. The van der Waals surface area contributed by atoms with Gasteiger partial charge >= 0.3 is 11.9 Å². The summed E-state index contributed by atoms with van der Waals surface area (Å²) < 4.78 is 33.1. The van der Waals surface area contributed by atoms with Gasteiger partial charge in [-0.1, -0.05) is 6.07 Å². The molecule has 1 fully saturated rings. The molecule has 2 heterocycles. The Balaban J connectivity index is 1.37. The number of pyridine rings is 1. The van der Waals surface area contributed by atoms with E-state index in [4.69, 9.17) is 28.4 Å². The lowest BCUT2D eigenvalue weighted by Crippen LogP contribution is -2.57. The van der Waals surface area contributed by atoms with Crippen molar-refractivity contribution in [3.8, 4) is 17.2 Å². The molecule has 0 spiro atoms. The molecule has 12 nitrogen and oxygen atoms in total. The average molecular weight is 644 g/mol. The Morgan fingerprint density at radius 1 is 0.848 bits per heavy atom. The summed E-state index contributed by atoms with van der Waals surface area (Å²) in [6.45, 7) is 12.4. The van der Waals surface area contributed by atoms with Gasteiger partial charge in [-0.25, -0.2) is 4.79 Å². The third-order valence-corrected chi connectivity index (χ3v) is 8.10. The molecular formula is C34H49N3O9. The van der Waals surface area contributed by atoms with E-state index in [2.05, 4.69) is 28.6 Å². The van der Waals surface area contributed by atoms with Crippen molar-refractivity contribution in [1.82, 2.24) is 14.8 Å². The van der Waals surface area contributed by atoms with Crippen molar-refractivity contribution in [1.29, 1.82) is 0 Å². The van der Waals surface area contributed by atoms with Crippen LogP contribution in [0.2, 0.25) is 0 Å². The van der Waals surface area contributed by atoms with Gasteiger partial charge in [0.15, 0.2) is 17.3 Å². The van der Waals surface area contributed by atoms with Crippen LogP contribution in [0.5, 0.6) is 17.2 Å². The number of methoxy groups -OCH3 is 3. The van der Waals surface area contributed by atoms with Crippen molar-refractivity contribution >= 4 is 17.7 Å². The first-order chi connectivity index (χ1) is 21.9. The molecule has 1 aromatic carbocycles. The van der Waals surface area contributed by atoms with Crippen molar-refractivity contribution in [2.24, 2.45) is 0 Å². The summed E-state index contributed by atoms with van der Waals surface area (Å²) in [4.78, 5) is 45.7. The Kier molecular flexibility index (Phi) is 13.8. The molecule has 0 aliphatic carbocycles. The molecule has 0 atom stereocenters. The zero-order valence-corrected chi connectivity index (χ0v) is 28.3. The van der Waals surface area contributed by atoms with Crippen LogP contribution in [-0.2, 0) is 30.3 Å². The second-order valence-corrected chi connectivity index (χ2v) is 12.2. The molecular weight excluding hydrogens is 594 g/mol. The van der Waals surface area contributed by atoms with Gasteiger partial charge in [-0.15, -0.1) is 0 Å². The number of carbonyl (C=O) groups is 3. The summed E-state index contributed by atoms with van der Waals surface area (Å²) in [6, 6.07) is 7.17. The molecule has 1 aliphatic rings. The maximum absolute atomic E-state index is 13.0. The number of piperazine rings is 1.